The number of para-hydroxylation sites is 4. The molecule has 0 radical (unpaired) electrons. The fourth-order valence-corrected chi connectivity index (χ4v) is 13.4. The van der Waals surface area contributed by atoms with Crippen LogP contribution in [-0.4, -0.2) is 24.2 Å². The predicted molar refractivity (Wildman–Crippen MR) is 384 cm³/mol. The molecular formula is C86H77N4OPt-. The Labute approximate surface area is 556 Å². The fraction of sp³-hybridized carbons (Fsp3) is 0.186. The average molecular weight is 1380 g/mol. The quantitative estimate of drug-likeness (QED) is 0.147. The maximum Gasteiger partial charge on any atom is 0.148 e. The first-order valence-electron chi connectivity index (χ1n) is 31.9. The van der Waals surface area contributed by atoms with E-state index in [1.807, 2.05) is 12.3 Å². The molecule has 0 saturated carbocycles. The molecule has 6 heteroatoms. The maximum atomic E-state index is 12.9. The molecule has 0 aliphatic rings. The van der Waals surface area contributed by atoms with Crippen LogP contribution in [0.4, 0.5) is 0 Å². The van der Waals surface area contributed by atoms with Crippen LogP contribution in [0.5, 0.6) is 5.75 Å². The van der Waals surface area contributed by atoms with E-state index in [0.717, 1.165) is 106 Å². The molecule has 1 N–H and O–H groups in total. The topological polar surface area (TPSA) is 55.9 Å². The summed E-state index contributed by atoms with van der Waals surface area (Å²) < 4.78 is 4.67. The monoisotopic (exact) mass is 1380 g/mol. The van der Waals surface area contributed by atoms with Crippen LogP contribution in [0.15, 0.2) is 243 Å². The second kappa shape index (κ2) is 23.4. The first-order chi connectivity index (χ1) is 43.6. The number of aromatic nitrogens is 4. The Morgan fingerprint density at radius 3 is 1.68 bits per heavy atom. The van der Waals surface area contributed by atoms with Crippen LogP contribution in [0, 0.1) is 6.07 Å². The SMILES string of the molecule is CC(C)(C)c1cc(-n2c(-c3ccc(-c4c(C(C)(C)C)ccc5cc(C(C)(C)C)ccc45)cc3O)nc3c(-c4[c-]c(-c5cc(-c6cccc7c8ccccc8n(-c8ccccc8)c67)ccn5)cc(-c5ccccc5-c5ccccc5)c4)cccc32)cc(C(C)(C)C)c1.[Pt]. The summed E-state index contributed by atoms with van der Waals surface area (Å²) in [5, 5.41) is 17.7. The minimum atomic E-state index is -0.177. The Morgan fingerprint density at radius 1 is 0.380 bits per heavy atom. The Bertz CT molecular complexity index is 5120. The third-order valence-corrected chi connectivity index (χ3v) is 18.4. The number of hydrogen-bond donors (Lipinski definition) is 1. The molecule has 3 heterocycles. The molecule has 0 aliphatic heterocycles. The average Bonchev–Trinajstić information content (AvgIpc) is 1.55. The van der Waals surface area contributed by atoms with Crippen molar-refractivity contribution in [2.45, 2.75) is 105 Å². The molecule has 0 spiro atoms. The van der Waals surface area contributed by atoms with Gasteiger partial charge >= 0.3 is 0 Å². The van der Waals surface area contributed by atoms with E-state index in [1.54, 1.807) is 0 Å². The fourth-order valence-electron chi connectivity index (χ4n) is 13.4. The number of fused-ring (bicyclic) bond motifs is 5. The van der Waals surface area contributed by atoms with Gasteiger partial charge in [-0.1, -0.05) is 270 Å². The number of phenolic OH excluding ortho intramolecular Hbond substituents is 1. The van der Waals surface area contributed by atoms with Crippen molar-refractivity contribution >= 4 is 43.6 Å². The third kappa shape index (κ3) is 11.2. The number of nitrogens with zero attached hydrogens (tertiary/aromatic N) is 4. The molecule has 14 aromatic rings. The van der Waals surface area contributed by atoms with E-state index in [9.17, 15) is 5.11 Å². The van der Waals surface area contributed by atoms with Gasteiger partial charge in [-0.3, -0.25) is 9.55 Å². The second-order valence-corrected chi connectivity index (χ2v) is 28.8. The minimum absolute atomic E-state index is 0. The normalized spacial score (nSPS) is 12.3. The third-order valence-electron chi connectivity index (χ3n) is 18.4. The Morgan fingerprint density at radius 2 is 0.989 bits per heavy atom. The Hall–Kier alpha value is -9.41. The molecule has 92 heavy (non-hydrogen) atoms. The molecule has 3 aromatic heterocycles. The molecule has 458 valence electrons. The molecule has 11 aromatic carbocycles. The number of benzene rings is 11. The zero-order valence-corrected chi connectivity index (χ0v) is 56.9. The van der Waals surface area contributed by atoms with E-state index in [-0.39, 0.29) is 48.5 Å². The largest absolute Gasteiger partial charge is 0.507 e. The minimum Gasteiger partial charge on any atom is -0.507 e. The smallest absolute Gasteiger partial charge is 0.148 e. The number of pyridine rings is 1. The van der Waals surface area contributed by atoms with Crippen molar-refractivity contribution in [3.8, 4) is 95.4 Å². The van der Waals surface area contributed by atoms with Crippen molar-refractivity contribution < 1.29 is 26.2 Å². The van der Waals surface area contributed by atoms with Gasteiger partial charge in [0.1, 0.15) is 11.6 Å². The molecule has 0 unspecified atom stereocenters. The summed E-state index contributed by atoms with van der Waals surface area (Å²) in [4.78, 5) is 11.0. The van der Waals surface area contributed by atoms with E-state index in [0.29, 0.717) is 11.4 Å². The summed E-state index contributed by atoms with van der Waals surface area (Å²) in [6.45, 7) is 27.3. The molecule has 0 fully saturated rings. The van der Waals surface area contributed by atoms with Gasteiger partial charge in [-0.05, 0) is 143 Å². The van der Waals surface area contributed by atoms with Crippen LogP contribution >= 0.6 is 0 Å². The summed E-state index contributed by atoms with van der Waals surface area (Å²) in [6, 6.07) is 89.3. The van der Waals surface area contributed by atoms with Crippen molar-refractivity contribution in [3.63, 3.8) is 0 Å². The van der Waals surface area contributed by atoms with Crippen LogP contribution in [0.25, 0.3) is 133 Å². The summed E-state index contributed by atoms with van der Waals surface area (Å²) in [5.41, 5.74) is 23.2. The molecule has 0 amide bonds. The molecule has 0 aliphatic carbocycles. The van der Waals surface area contributed by atoms with Crippen LogP contribution in [-0.2, 0) is 42.7 Å². The van der Waals surface area contributed by atoms with Gasteiger partial charge in [-0.15, -0.1) is 23.8 Å². The summed E-state index contributed by atoms with van der Waals surface area (Å²) in [6.07, 6.45) is 1.94. The van der Waals surface area contributed by atoms with Gasteiger partial charge in [0, 0.05) is 60.7 Å². The van der Waals surface area contributed by atoms with E-state index >= 15 is 0 Å². The van der Waals surface area contributed by atoms with Gasteiger partial charge in [0.2, 0.25) is 0 Å². The zero-order chi connectivity index (χ0) is 63.3. The number of imidazole rings is 1. The van der Waals surface area contributed by atoms with Gasteiger partial charge in [0.05, 0.1) is 27.6 Å². The van der Waals surface area contributed by atoms with Gasteiger partial charge < -0.3 is 9.67 Å². The Balaban J connectivity index is 0.00000773. The van der Waals surface area contributed by atoms with Crippen molar-refractivity contribution in [1.82, 2.24) is 19.1 Å². The second-order valence-electron chi connectivity index (χ2n) is 28.8. The van der Waals surface area contributed by atoms with Crippen molar-refractivity contribution in [2.75, 3.05) is 0 Å². The van der Waals surface area contributed by atoms with Gasteiger partial charge in [-0.2, -0.15) is 0 Å². The molecule has 0 bridgehead atoms. The van der Waals surface area contributed by atoms with Crippen molar-refractivity contribution in [3.05, 3.63) is 271 Å². The van der Waals surface area contributed by atoms with E-state index in [4.69, 9.17) is 9.97 Å². The number of phenols is 1. The van der Waals surface area contributed by atoms with Gasteiger partial charge in [0.15, 0.2) is 0 Å². The predicted octanol–water partition coefficient (Wildman–Crippen LogP) is 23.0. The first kappa shape index (κ1) is 61.4. The molecule has 5 nitrogen and oxygen atoms in total. The van der Waals surface area contributed by atoms with Gasteiger partial charge in [0.25, 0.3) is 0 Å². The van der Waals surface area contributed by atoms with E-state index in [1.165, 1.54) is 38.4 Å². The van der Waals surface area contributed by atoms with Gasteiger partial charge in [-0.25, -0.2) is 4.98 Å². The van der Waals surface area contributed by atoms with Crippen LogP contribution in [0.1, 0.15) is 105 Å². The molecule has 0 atom stereocenters. The van der Waals surface area contributed by atoms with E-state index < -0.39 is 0 Å². The van der Waals surface area contributed by atoms with E-state index in [2.05, 4.69) is 329 Å². The number of aromatic hydroxyl groups is 1. The standard InChI is InChI=1S/C86H77N4O.Pt/c1-83(2,3)61-39-41-68-55(48-61)38-42-74(86(10,11)12)79(68)57-37-40-73(78(91)50-57)82-88-80-69(32-24-36-77(80)90(82)65-52-62(84(4,5)6)51-63(53-65)85(7,8)9)59-45-58(67-30-20-19-29-66(67)54-25-15-13-16-26-54)46-60(47-59)75-49-56(43-44-87-75)70-33-23-34-72-71-31-21-22-35-76(71)89(81(70)72)64-27-17-14-18-28-64;/h13-46,48-53,91H,1-12H3;/q-1;. The van der Waals surface area contributed by atoms with Crippen molar-refractivity contribution in [1.29, 1.82) is 0 Å². The molecule has 0 saturated heterocycles. The maximum absolute atomic E-state index is 12.9. The summed E-state index contributed by atoms with van der Waals surface area (Å²) >= 11 is 0. The van der Waals surface area contributed by atoms with Crippen molar-refractivity contribution in [2.24, 2.45) is 0 Å². The number of hydrogen-bond acceptors (Lipinski definition) is 3. The molecule has 14 rings (SSSR count). The van der Waals surface area contributed by atoms with Crippen LogP contribution < -0.4 is 0 Å². The zero-order valence-electron chi connectivity index (χ0n) is 54.6. The number of rotatable bonds is 9. The first-order valence-corrected chi connectivity index (χ1v) is 31.9. The summed E-state index contributed by atoms with van der Waals surface area (Å²) in [7, 11) is 0. The van der Waals surface area contributed by atoms with Crippen LogP contribution in [0.3, 0.4) is 0 Å². The summed E-state index contributed by atoms with van der Waals surface area (Å²) in [5.74, 6) is 0.796. The Kier molecular flexibility index (Phi) is 15.6. The molecular weight excluding hydrogens is 1300 g/mol. The van der Waals surface area contributed by atoms with Crippen LogP contribution in [0.2, 0.25) is 0 Å².